The van der Waals surface area contributed by atoms with Gasteiger partial charge >= 0.3 is 6.03 Å². The van der Waals surface area contributed by atoms with E-state index >= 15 is 0 Å². The van der Waals surface area contributed by atoms with Crippen LogP contribution in [-0.2, 0) is 0 Å². The molecule has 1 N–H and O–H groups in total. The van der Waals surface area contributed by atoms with Crippen molar-refractivity contribution in [2.24, 2.45) is 4.99 Å². The molecule has 162 valence electrons. The second-order valence-electron chi connectivity index (χ2n) is 7.83. The molecule has 0 saturated carbocycles. The number of nitrogens with zero attached hydrogens (tertiary/aromatic N) is 3. The van der Waals surface area contributed by atoms with Gasteiger partial charge in [0.05, 0.1) is 12.7 Å². The summed E-state index contributed by atoms with van der Waals surface area (Å²) >= 11 is 0. The number of fused-ring (bicyclic) bond motifs is 2. The number of urea groups is 1. The van der Waals surface area contributed by atoms with Crippen LogP contribution in [0, 0.1) is 6.92 Å². The Balaban J connectivity index is 1.68. The maximum atomic E-state index is 12.5. The minimum atomic E-state index is -0.0684. The molecule has 2 aromatic carbocycles. The fourth-order valence-corrected chi connectivity index (χ4v) is 3.94. The van der Waals surface area contributed by atoms with Gasteiger partial charge < -0.3 is 24.6 Å². The minimum Gasteiger partial charge on any atom is -0.497 e. The lowest BCUT2D eigenvalue weighted by molar-refractivity contribution is 0.135. The summed E-state index contributed by atoms with van der Waals surface area (Å²) in [7, 11) is 1.65. The molecule has 2 aromatic rings. The fourth-order valence-electron chi connectivity index (χ4n) is 3.94. The average molecular weight is 421 g/mol. The molecule has 31 heavy (non-hydrogen) atoms. The Kier molecular flexibility index (Phi) is 5.84. The number of amidine groups is 1. The van der Waals surface area contributed by atoms with E-state index in [1.165, 1.54) is 0 Å². The Labute approximate surface area is 183 Å². The van der Waals surface area contributed by atoms with Gasteiger partial charge in [-0.15, -0.1) is 6.58 Å². The number of carbonyl (C=O) groups is 1. The molecule has 0 spiro atoms. The number of rotatable bonds is 3. The van der Waals surface area contributed by atoms with Crippen LogP contribution in [0.2, 0.25) is 0 Å². The normalized spacial score (nSPS) is 17.5. The second kappa shape index (κ2) is 8.71. The third-order valence-electron chi connectivity index (χ3n) is 5.57. The van der Waals surface area contributed by atoms with E-state index in [0.717, 1.165) is 39.9 Å². The van der Waals surface area contributed by atoms with E-state index in [4.69, 9.17) is 14.5 Å². The summed E-state index contributed by atoms with van der Waals surface area (Å²) in [5.74, 6) is 3.04. The number of nitrogens with one attached hydrogen (secondary N) is 1. The van der Waals surface area contributed by atoms with Crippen molar-refractivity contribution in [2.45, 2.75) is 19.9 Å². The van der Waals surface area contributed by atoms with Crippen LogP contribution in [0.25, 0.3) is 0 Å². The molecular formula is C24H28N4O3. The Bertz CT molecular complexity index is 1030. The van der Waals surface area contributed by atoms with Crippen LogP contribution in [0.1, 0.15) is 18.1 Å². The number of amides is 2. The standard InChI is InChI=1S/C24H28N4O3/c1-5-10-25-24(29)28-12-11-27(15-17(28)3)23-19-14-18(30-4)7-9-21(19)31-22-13-16(2)6-8-20(22)26-23/h5-9,13-14,17H,1,10-12,15H2,2-4H3,(H,25,29). The van der Waals surface area contributed by atoms with Gasteiger partial charge in [-0.25, -0.2) is 9.79 Å². The van der Waals surface area contributed by atoms with Crippen molar-refractivity contribution in [3.05, 3.63) is 60.2 Å². The van der Waals surface area contributed by atoms with Gasteiger partial charge in [0.15, 0.2) is 5.75 Å². The molecule has 2 heterocycles. The van der Waals surface area contributed by atoms with Gasteiger partial charge in [0.25, 0.3) is 0 Å². The molecule has 1 atom stereocenters. The number of carbonyl (C=O) groups excluding carboxylic acids is 1. The van der Waals surface area contributed by atoms with E-state index in [0.29, 0.717) is 26.2 Å². The molecule has 1 saturated heterocycles. The summed E-state index contributed by atoms with van der Waals surface area (Å²) in [6, 6.07) is 11.7. The number of hydrogen-bond donors (Lipinski definition) is 1. The Morgan fingerprint density at radius 1 is 1.29 bits per heavy atom. The number of piperazine rings is 1. The molecule has 1 fully saturated rings. The van der Waals surface area contributed by atoms with Crippen molar-refractivity contribution in [3.63, 3.8) is 0 Å². The highest BCUT2D eigenvalue weighted by atomic mass is 16.5. The SMILES string of the molecule is C=CCNC(=O)N1CCN(C2=Nc3ccc(C)cc3Oc3ccc(OC)cc32)CC1C. The molecule has 0 aromatic heterocycles. The van der Waals surface area contributed by atoms with Gasteiger partial charge in [-0.05, 0) is 49.7 Å². The summed E-state index contributed by atoms with van der Waals surface area (Å²) in [4.78, 5) is 21.5. The molecule has 0 bridgehead atoms. The molecule has 1 unspecified atom stereocenters. The van der Waals surface area contributed by atoms with Gasteiger partial charge in [-0.3, -0.25) is 0 Å². The quantitative estimate of drug-likeness (QED) is 0.760. The van der Waals surface area contributed by atoms with E-state index in [1.807, 2.05) is 48.2 Å². The van der Waals surface area contributed by atoms with Crippen molar-refractivity contribution in [3.8, 4) is 17.2 Å². The van der Waals surface area contributed by atoms with Crippen molar-refractivity contribution < 1.29 is 14.3 Å². The lowest BCUT2D eigenvalue weighted by Crippen LogP contribution is -2.57. The minimum absolute atomic E-state index is 0.0250. The molecule has 2 aliphatic heterocycles. The molecule has 2 aliphatic rings. The Morgan fingerprint density at radius 2 is 2.13 bits per heavy atom. The highest BCUT2D eigenvalue weighted by Crippen LogP contribution is 2.40. The summed E-state index contributed by atoms with van der Waals surface area (Å²) < 4.78 is 11.7. The van der Waals surface area contributed by atoms with Gasteiger partial charge in [0, 0.05) is 32.2 Å². The van der Waals surface area contributed by atoms with Gasteiger partial charge in [-0.1, -0.05) is 12.1 Å². The first-order valence-electron chi connectivity index (χ1n) is 10.5. The molecule has 4 rings (SSSR count). The van der Waals surface area contributed by atoms with E-state index in [-0.39, 0.29) is 12.1 Å². The monoisotopic (exact) mass is 420 g/mol. The van der Waals surface area contributed by atoms with Crippen LogP contribution >= 0.6 is 0 Å². The van der Waals surface area contributed by atoms with Crippen LogP contribution < -0.4 is 14.8 Å². The summed E-state index contributed by atoms with van der Waals surface area (Å²) in [5, 5.41) is 2.87. The summed E-state index contributed by atoms with van der Waals surface area (Å²) in [5.41, 5.74) is 2.78. The zero-order valence-corrected chi connectivity index (χ0v) is 18.2. The van der Waals surface area contributed by atoms with Crippen LogP contribution in [0.15, 0.2) is 54.0 Å². The average Bonchev–Trinajstić information content (AvgIpc) is 2.93. The maximum Gasteiger partial charge on any atom is 0.318 e. The number of methoxy groups -OCH3 is 1. The predicted octanol–water partition coefficient (Wildman–Crippen LogP) is 4.09. The largest absolute Gasteiger partial charge is 0.497 e. The van der Waals surface area contributed by atoms with Gasteiger partial charge in [0.1, 0.15) is 23.0 Å². The van der Waals surface area contributed by atoms with E-state index in [2.05, 4.69) is 23.7 Å². The summed E-state index contributed by atoms with van der Waals surface area (Å²) in [6.07, 6.45) is 1.68. The predicted molar refractivity (Wildman–Crippen MR) is 122 cm³/mol. The van der Waals surface area contributed by atoms with Crippen molar-refractivity contribution in [2.75, 3.05) is 33.3 Å². The summed E-state index contributed by atoms with van der Waals surface area (Å²) in [6.45, 7) is 10.1. The third-order valence-corrected chi connectivity index (χ3v) is 5.57. The first-order chi connectivity index (χ1) is 15.0. The van der Waals surface area contributed by atoms with Crippen molar-refractivity contribution in [1.29, 1.82) is 0 Å². The topological polar surface area (TPSA) is 66.4 Å². The van der Waals surface area contributed by atoms with E-state index in [9.17, 15) is 4.79 Å². The van der Waals surface area contributed by atoms with Crippen LogP contribution in [-0.4, -0.2) is 61.0 Å². The number of ether oxygens (including phenoxy) is 2. The highest BCUT2D eigenvalue weighted by molar-refractivity contribution is 6.04. The van der Waals surface area contributed by atoms with Crippen LogP contribution in [0.3, 0.4) is 0 Å². The fraction of sp³-hybridized carbons (Fsp3) is 0.333. The number of aliphatic imine (C=N–C) groups is 1. The molecule has 7 heteroatoms. The first kappa shape index (κ1) is 20.8. The third kappa shape index (κ3) is 4.21. The lowest BCUT2D eigenvalue weighted by atomic mass is 10.1. The molecule has 0 aliphatic carbocycles. The zero-order chi connectivity index (χ0) is 22.0. The molecular weight excluding hydrogens is 392 g/mol. The van der Waals surface area contributed by atoms with Crippen LogP contribution in [0.5, 0.6) is 17.2 Å². The molecule has 7 nitrogen and oxygen atoms in total. The lowest BCUT2D eigenvalue weighted by Gasteiger charge is -2.41. The van der Waals surface area contributed by atoms with Crippen LogP contribution in [0.4, 0.5) is 10.5 Å². The zero-order valence-electron chi connectivity index (χ0n) is 18.2. The Morgan fingerprint density at radius 3 is 2.87 bits per heavy atom. The number of aryl methyl sites for hydroxylation is 1. The Hall–Kier alpha value is -3.48. The van der Waals surface area contributed by atoms with E-state index in [1.54, 1.807) is 13.2 Å². The number of hydrogen-bond acceptors (Lipinski definition) is 5. The van der Waals surface area contributed by atoms with Gasteiger partial charge in [0.2, 0.25) is 0 Å². The molecule has 2 amide bonds. The van der Waals surface area contributed by atoms with Crippen molar-refractivity contribution >= 4 is 17.6 Å². The first-order valence-corrected chi connectivity index (χ1v) is 10.5. The number of benzene rings is 2. The molecule has 0 radical (unpaired) electrons. The van der Waals surface area contributed by atoms with Gasteiger partial charge in [-0.2, -0.15) is 0 Å². The van der Waals surface area contributed by atoms with Crippen molar-refractivity contribution in [1.82, 2.24) is 15.1 Å². The van der Waals surface area contributed by atoms with E-state index < -0.39 is 0 Å². The highest BCUT2D eigenvalue weighted by Gasteiger charge is 2.31. The smallest absolute Gasteiger partial charge is 0.318 e. The maximum absolute atomic E-state index is 12.5. The second-order valence-corrected chi connectivity index (χ2v) is 7.83.